The Morgan fingerprint density at radius 1 is 1.59 bits per heavy atom. The molecule has 1 atom stereocenters. The van der Waals surface area contributed by atoms with Gasteiger partial charge in [0.1, 0.15) is 5.56 Å². The molecule has 1 saturated heterocycles. The fourth-order valence-electron chi connectivity index (χ4n) is 1.95. The number of nitrogens with one attached hydrogen (secondary N) is 1. The summed E-state index contributed by atoms with van der Waals surface area (Å²) in [4.78, 5) is 24.2. The van der Waals surface area contributed by atoms with Gasteiger partial charge < -0.3 is 16.2 Å². The van der Waals surface area contributed by atoms with E-state index >= 15 is 0 Å². The number of hydrogen-bond donors (Lipinski definition) is 3. The second kappa shape index (κ2) is 3.97. The highest BCUT2D eigenvalue weighted by Gasteiger charge is 2.31. The molecule has 0 bridgehead atoms. The van der Waals surface area contributed by atoms with Gasteiger partial charge in [0, 0.05) is 12.2 Å². The zero-order chi connectivity index (χ0) is 12.6. The van der Waals surface area contributed by atoms with Crippen LogP contribution >= 0.6 is 0 Å². The monoisotopic (exact) mass is 235 g/mol. The number of carbonyl (C=O) groups excluding carboxylic acids is 1. The normalized spacial score (nSPS) is 19.2. The Bertz CT molecular complexity index is 487. The second-order valence-electron chi connectivity index (χ2n) is 3.95. The summed E-state index contributed by atoms with van der Waals surface area (Å²) in [5, 5.41) is 11.8. The fourth-order valence-corrected chi connectivity index (χ4v) is 1.95. The molecule has 4 N–H and O–H groups in total. The van der Waals surface area contributed by atoms with E-state index in [2.05, 4.69) is 5.32 Å². The Hall–Kier alpha value is -2.24. The van der Waals surface area contributed by atoms with Crippen LogP contribution in [0.2, 0.25) is 0 Å². The predicted molar refractivity (Wildman–Crippen MR) is 63.2 cm³/mol. The Morgan fingerprint density at radius 2 is 2.29 bits per heavy atom. The second-order valence-corrected chi connectivity index (χ2v) is 3.95. The number of nitrogens with two attached hydrogens (primary N) is 1. The van der Waals surface area contributed by atoms with Crippen LogP contribution in [0.1, 0.15) is 17.3 Å². The third kappa shape index (κ3) is 1.77. The summed E-state index contributed by atoms with van der Waals surface area (Å²) >= 11 is 0. The Kier molecular flexibility index (Phi) is 2.63. The van der Waals surface area contributed by atoms with Gasteiger partial charge in [0.05, 0.1) is 11.7 Å². The van der Waals surface area contributed by atoms with Gasteiger partial charge in [-0.2, -0.15) is 0 Å². The molecular weight excluding hydrogens is 222 g/mol. The van der Waals surface area contributed by atoms with Crippen molar-refractivity contribution in [1.82, 2.24) is 5.32 Å². The highest BCUT2D eigenvalue weighted by Crippen LogP contribution is 2.28. The number of benzene rings is 1. The molecule has 0 spiro atoms. The van der Waals surface area contributed by atoms with Crippen LogP contribution in [0.4, 0.5) is 16.2 Å². The first-order chi connectivity index (χ1) is 8.02. The van der Waals surface area contributed by atoms with Crippen molar-refractivity contribution in [3.05, 3.63) is 23.8 Å². The number of hydrogen-bond acceptors (Lipinski definition) is 3. The van der Waals surface area contributed by atoms with E-state index < -0.39 is 5.97 Å². The number of nitrogen functional groups attached to an aromatic ring is 1. The van der Waals surface area contributed by atoms with E-state index in [0.717, 1.165) is 0 Å². The first-order valence-electron chi connectivity index (χ1n) is 5.21. The van der Waals surface area contributed by atoms with E-state index in [-0.39, 0.29) is 23.3 Å². The number of carboxylic acids is 1. The molecule has 0 aromatic heterocycles. The molecule has 1 aromatic rings. The lowest BCUT2D eigenvalue weighted by molar-refractivity contribution is 0.0699. The summed E-state index contributed by atoms with van der Waals surface area (Å²) in [6.07, 6.45) is 0. The van der Waals surface area contributed by atoms with Gasteiger partial charge in [-0.1, -0.05) is 6.07 Å². The van der Waals surface area contributed by atoms with Crippen LogP contribution in [-0.2, 0) is 0 Å². The summed E-state index contributed by atoms with van der Waals surface area (Å²) < 4.78 is 0. The van der Waals surface area contributed by atoms with Crippen LogP contribution in [-0.4, -0.2) is 29.7 Å². The van der Waals surface area contributed by atoms with E-state index in [1.807, 2.05) is 6.92 Å². The minimum atomic E-state index is -1.13. The molecule has 1 aromatic carbocycles. The van der Waals surface area contributed by atoms with Crippen molar-refractivity contribution in [2.75, 3.05) is 17.2 Å². The van der Waals surface area contributed by atoms with Gasteiger partial charge in [0.2, 0.25) is 0 Å². The van der Waals surface area contributed by atoms with Crippen molar-refractivity contribution in [2.45, 2.75) is 13.0 Å². The van der Waals surface area contributed by atoms with E-state index in [4.69, 9.17) is 10.8 Å². The summed E-state index contributed by atoms with van der Waals surface area (Å²) in [5.41, 5.74) is 6.10. The van der Waals surface area contributed by atoms with Gasteiger partial charge in [0.25, 0.3) is 0 Å². The largest absolute Gasteiger partial charge is 0.478 e. The van der Waals surface area contributed by atoms with Gasteiger partial charge in [0.15, 0.2) is 0 Å². The summed E-state index contributed by atoms with van der Waals surface area (Å²) in [6, 6.07) is 4.33. The number of amides is 2. The molecule has 1 fully saturated rings. The number of urea groups is 1. The molecule has 6 heteroatoms. The van der Waals surface area contributed by atoms with Crippen LogP contribution in [0.3, 0.4) is 0 Å². The lowest BCUT2D eigenvalue weighted by Gasteiger charge is -2.22. The molecule has 1 aliphatic rings. The smallest absolute Gasteiger partial charge is 0.339 e. The molecule has 6 nitrogen and oxygen atoms in total. The average molecular weight is 235 g/mol. The maximum atomic E-state index is 11.7. The molecule has 0 radical (unpaired) electrons. The lowest BCUT2D eigenvalue weighted by atomic mass is 10.1. The van der Waals surface area contributed by atoms with Crippen LogP contribution in [0.25, 0.3) is 0 Å². The maximum absolute atomic E-state index is 11.7. The molecule has 17 heavy (non-hydrogen) atoms. The molecule has 0 aliphatic carbocycles. The Labute approximate surface area is 98.0 Å². The minimum absolute atomic E-state index is 0.0311. The van der Waals surface area contributed by atoms with Gasteiger partial charge in [-0.15, -0.1) is 0 Å². The van der Waals surface area contributed by atoms with E-state index in [0.29, 0.717) is 12.2 Å². The quantitative estimate of drug-likeness (QED) is 0.663. The average Bonchev–Trinajstić information content (AvgIpc) is 2.57. The van der Waals surface area contributed by atoms with Crippen LogP contribution in [0.5, 0.6) is 0 Å². The molecule has 2 rings (SSSR count). The highest BCUT2D eigenvalue weighted by atomic mass is 16.4. The predicted octanol–water partition coefficient (Wildman–Crippen LogP) is 0.885. The third-order valence-electron chi connectivity index (χ3n) is 2.76. The van der Waals surface area contributed by atoms with E-state index in [1.165, 1.54) is 11.0 Å². The van der Waals surface area contributed by atoms with E-state index in [1.54, 1.807) is 12.1 Å². The van der Waals surface area contributed by atoms with Gasteiger partial charge in [-0.25, -0.2) is 9.59 Å². The van der Waals surface area contributed by atoms with Crippen LogP contribution < -0.4 is 16.0 Å². The fraction of sp³-hybridized carbons (Fsp3) is 0.273. The molecule has 1 heterocycles. The molecule has 1 unspecified atom stereocenters. The zero-order valence-electron chi connectivity index (χ0n) is 9.30. The summed E-state index contributed by atoms with van der Waals surface area (Å²) in [7, 11) is 0. The summed E-state index contributed by atoms with van der Waals surface area (Å²) in [5.74, 6) is -1.13. The maximum Gasteiger partial charge on any atom is 0.339 e. The molecular formula is C11H13N3O3. The zero-order valence-corrected chi connectivity index (χ0v) is 9.30. The lowest BCUT2D eigenvalue weighted by Crippen LogP contribution is -2.33. The van der Waals surface area contributed by atoms with Crippen LogP contribution in [0.15, 0.2) is 18.2 Å². The van der Waals surface area contributed by atoms with Crippen molar-refractivity contribution in [2.24, 2.45) is 0 Å². The SMILES string of the molecule is CC1CNC(=O)N1c1cccc(N)c1C(=O)O. The third-order valence-corrected chi connectivity index (χ3v) is 2.76. The molecule has 1 aliphatic heterocycles. The van der Waals surface area contributed by atoms with Crippen molar-refractivity contribution in [3.63, 3.8) is 0 Å². The number of anilines is 2. The van der Waals surface area contributed by atoms with Crippen LogP contribution in [0, 0.1) is 0 Å². The van der Waals surface area contributed by atoms with Crippen molar-refractivity contribution < 1.29 is 14.7 Å². The number of carbonyl (C=O) groups is 2. The topological polar surface area (TPSA) is 95.7 Å². The standard InChI is InChI=1S/C11H13N3O3/c1-6-5-13-11(17)14(6)8-4-2-3-7(12)9(8)10(15)16/h2-4,6H,5,12H2,1H3,(H,13,17)(H,15,16). The van der Waals surface area contributed by atoms with Gasteiger partial charge in [-0.3, -0.25) is 4.90 Å². The highest BCUT2D eigenvalue weighted by molar-refractivity contribution is 6.06. The Balaban J connectivity index is 2.55. The molecule has 2 amide bonds. The van der Waals surface area contributed by atoms with Crippen molar-refractivity contribution in [3.8, 4) is 0 Å². The van der Waals surface area contributed by atoms with E-state index in [9.17, 15) is 9.59 Å². The Morgan fingerprint density at radius 3 is 2.82 bits per heavy atom. The van der Waals surface area contributed by atoms with Gasteiger partial charge >= 0.3 is 12.0 Å². The number of aromatic carboxylic acids is 1. The number of carboxylic acid groups (broad SMARTS) is 1. The molecule has 90 valence electrons. The van der Waals surface area contributed by atoms with Gasteiger partial charge in [-0.05, 0) is 19.1 Å². The van der Waals surface area contributed by atoms with Crippen molar-refractivity contribution >= 4 is 23.4 Å². The first-order valence-corrected chi connectivity index (χ1v) is 5.21. The molecule has 0 saturated carbocycles. The first kappa shape index (κ1) is 11.3. The summed E-state index contributed by atoms with van der Waals surface area (Å²) in [6.45, 7) is 2.33. The number of rotatable bonds is 2. The number of nitrogens with zero attached hydrogens (tertiary/aromatic N) is 1. The van der Waals surface area contributed by atoms with Crippen molar-refractivity contribution in [1.29, 1.82) is 0 Å². The minimum Gasteiger partial charge on any atom is -0.478 e.